The molecule has 0 aliphatic rings. The monoisotopic (exact) mass is 283 g/mol. The van der Waals surface area contributed by atoms with E-state index >= 15 is 0 Å². The molecule has 0 bridgehead atoms. The molecular weight excluding hydrogens is 270 g/mol. The van der Waals surface area contributed by atoms with Gasteiger partial charge in [-0.1, -0.05) is 37.2 Å². The highest BCUT2D eigenvalue weighted by atomic mass is 35.5. The molecule has 4 nitrogen and oxygen atoms in total. The van der Waals surface area contributed by atoms with E-state index in [0.29, 0.717) is 22.4 Å². The molecule has 0 saturated heterocycles. The van der Waals surface area contributed by atoms with Crippen LogP contribution in [0.15, 0.2) is 16.0 Å². The number of hydrogen-bond acceptors (Lipinski definition) is 4. The Morgan fingerprint density at radius 1 is 1.33 bits per heavy atom. The Labute approximate surface area is 114 Å². The molecule has 2 aromatic heterocycles. The van der Waals surface area contributed by atoms with Gasteiger partial charge >= 0.3 is 0 Å². The van der Waals surface area contributed by atoms with Crippen molar-refractivity contribution < 1.29 is 0 Å². The normalized spacial score (nSPS) is 11.1. The Bertz CT molecular complexity index is 654. The molecular formula is C12H14ClN3OS. The van der Waals surface area contributed by atoms with Gasteiger partial charge in [0.25, 0.3) is 5.56 Å². The van der Waals surface area contributed by atoms with Crippen molar-refractivity contribution in [2.75, 3.05) is 6.26 Å². The zero-order valence-electron chi connectivity index (χ0n) is 10.5. The van der Waals surface area contributed by atoms with Gasteiger partial charge in [0.05, 0.1) is 5.69 Å². The van der Waals surface area contributed by atoms with Gasteiger partial charge in [-0.05, 0) is 19.1 Å². The fourth-order valence-electron chi connectivity index (χ4n) is 1.96. The van der Waals surface area contributed by atoms with E-state index in [1.807, 2.05) is 20.1 Å². The van der Waals surface area contributed by atoms with Crippen LogP contribution in [-0.4, -0.2) is 20.6 Å². The Hall–Kier alpha value is -1.07. The smallest absolute Gasteiger partial charge is 0.263 e. The van der Waals surface area contributed by atoms with Gasteiger partial charge in [-0.2, -0.15) is 0 Å². The number of hydrogen-bond donors (Lipinski definition) is 0. The number of aryl methyl sites for hydroxylation is 1. The fraction of sp³-hybridized carbons (Fsp3) is 0.417. The summed E-state index contributed by atoms with van der Waals surface area (Å²) in [6.45, 7) is 3.96. The van der Waals surface area contributed by atoms with Gasteiger partial charge in [0.15, 0.2) is 5.16 Å². The van der Waals surface area contributed by atoms with Crippen LogP contribution in [-0.2, 0) is 12.8 Å². The first-order valence-corrected chi connectivity index (χ1v) is 7.37. The van der Waals surface area contributed by atoms with Crippen LogP contribution in [0.25, 0.3) is 5.65 Å². The third kappa shape index (κ3) is 2.12. The predicted molar refractivity (Wildman–Crippen MR) is 74.8 cm³/mol. The summed E-state index contributed by atoms with van der Waals surface area (Å²) in [7, 11) is 0. The number of nitrogens with zero attached hydrogens (tertiary/aromatic N) is 3. The van der Waals surface area contributed by atoms with E-state index in [9.17, 15) is 4.79 Å². The minimum absolute atomic E-state index is 0.0344. The van der Waals surface area contributed by atoms with Crippen molar-refractivity contribution in [1.29, 1.82) is 0 Å². The largest absolute Gasteiger partial charge is 0.268 e. The Kier molecular flexibility index (Phi) is 3.92. The summed E-state index contributed by atoms with van der Waals surface area (Å²) < 4.78 is 1.54. The van der Waals surface area contributed by atoms with E-state index in [1.165, 1.54) is 16.2 Å². The van der Waals surface area contributed by atoms with Gasteiger partial charge in [-0.15, -0.1) is 0 Å². The maximum atomic E-state index is 12.5. The highest BCUT2D eigenvalue weighted by molar-refractivity contribution is 7.98. The van der Waals surface area contributed by atoms with Gasteiger partial charge in [-0.3, -0.25) is 4.79 Å². The summed E-state index contributed by atoms with van der Waals surface area (Å²) in [6.07, 6.45) is 3.28. The molecule has 0 atom stereocenters. The molecule has 0 aliphatic carbocycles. The van der Waals surface area contributed by atoms with Gasteiger partial charge in [0.2, 0.25) is 0 Å². The number of rotatable bonds is 3. The van der Waals surface area contributed by atoms with Gasteiger partial charge in [0.1, 0.15) is 10.8 Å². The van der Waals surface area contributed by atoms with Gasteiger partial charge < -0.3 is 0 Å². The van der Waals surface area contributed by atoms with Crippen molar-refractivity contribution in [1.82, 2.24) is 14.4 Å². The molecule has 2 aromatic rings. The first-order chi connectivity index (χ1) is 8.62. The average Bonchev–Trinajstić information content (AvgIpc) is 2.36. The zero-order chi connectivity index (χ0) is 13.3. The molecule has 0 spiro atoms. The van der Waals surface area contributed by atoms with Crippen molar-refractivity contribution in [3.63, 3.8) is 0 Å². The summed E-state index contributed by atoms with van der Waals surface area (Å²) in [5, 5.41) is 0.935. The summed E-state index contributed by atoms with van der Waals surface area (Å²) in [5.74, 6) is 0. The maximum absolute atomic E-state index is 12.5. The van der Waals surface area contributed by atoms with E-state index in [2.05, 4.69) is 9.97 Å². The quantitative estimate of drug-likeness (QED) is 0.493. The molecule has 0 aromatic carbocycles. The lowest BCUT2D eigenvalue weighted by molar-refractivity contribution is 0.808. The lowest BCUT2D eigenvalue weighted by atomic mass is 10.1. The molecule has 0 aliphatic heterocycles. The van der Waals surface area contributed by atoms with E-state index in [0.717, 1.165) is 17.7 Å². The molecule has 0 N–H and O–H groups in total. The zero-order valence-corrected chi connectivity index (χ0v) is 12.1. The van der Waals surface area contributed by atoms with Crippen molar-refractivity contribution in [3.05, 3.63) is 32.8 Å². The minimum atomic E-state index is -0.0344. The van der Waals surface area contributed by atoms with Crippen LogP contribution in [0, 0.1) is 0 Å². The van der Waals surface area contributed by atoms with Gasteiger partial charge in [0, 0.05) is 11.6 Å². The molecule has 0 unspecified atom stereocenters. The first kappa shape index (κ1) is 13.4. The second kappa shape index (κ2) is 5.28. The van der Waals surface area contributed by atoms with Crippen molar-refractivity contribution in [3.8, 4) is 0 Å². The Balaban J connectivity index is 2.95. The second-order valence-corrected chi connectivity index (χ2v) is 4.97. The molecule has 0 fully saturated rings. The van der Waals surface area contributed by atoms with E-state index in [1.54, 1.807) is 6.07 Å². The molecule has 0 amide bonds. The third-order valence-electron chi connectivity index (χ3n) is 2.80. The van der Waals surface area contributed by atoms with Crippen LogP contribution in [0.5, 0.6) is 0 Å². The lowest BCUT2D eigenvalue weighted by Crippen LogP contribution is -2.24. The minimum Gasteiger partial charge on any atom is -0.268 e. The molecule has 6 heteroatoms. The first-order valence-electron chi connectivity index (χ1n) is 5.77. The van der Waals surface area contributed by atoms with E-state index in [4.69, 9.17) is 11.6 Å². The van der Waals surface area contributed by atoms with E-state index < -0.39 is 0 Å². The van der Waals surface area contributed by atoms with Crippen LogP contribution in [0.1, 0.15) is 25.1 Å². The van der Waals surface area contributed by atoms with Gasteiger partial charge in [-0.25, -0.2) is 14.4 Å². The summed E-state index contributed by atoms with van der Waals surface area (Å²) in [5.41, 5.74) is 2.14. The Morgan fingerprint density at radius 3 is 2.61 bits per heavy atom. The number of halogens is 1. The van der Waals surface area contributed by atoms with Crippen molar-refractivity contribution in [2.45, 2.75) is 31.8 Å². The summed E-state index contributed by atoms with van der Waals surface area (Å²) >= 11 is 7.33. The Morgan fingerprint density at radius 2 is 2.06 bits per heavy atom. The number of fused-ring (bicyclic) bond motifs is 1. The molecule has 0 saturated carbocycles. The number of thioether (sulfide) groups is 1. The van der Waals surface area contributed by atoms with Crippen LogP contribution in [0.4, 0.5) is 0 Å². The molecule has 0 radical (unpaired) electrons. The topological polar surface area (TPSA) is 47.3 Å². The summed E-state index contributed by atoms with van der Waals surface area (Å²) in [4.78, 5) is 21.1. The number of aromatic nitrogens is 3. The SMILES string of the molecule is CCc1nc2cc(Cl)nc(SC)n2c(=O)c1CC. The lowest BCUT2D eigenvalue weighted by Gasteiger charge is -2.10. The van der Waals surface area contributed by atoms with Crippen LogP contribution in [0.3, 0.4) is 0 Å². The fourth-order valence-corrected chi connectivity index (χ4v) is 2.74. The van der Waals surface area contributed by atoms with Crippen LogP contribution >= 0.6 is 23.4 Å². The molecule has 96 valence electrons. The second-order valence-electron chi connectivity index (χ2n) is 3.81. The summed E-state index contributed by atoms with van der Waals surface area (Å²) in [6, 6.07) is 1.63. The average molecular weight is 284 g/mol. The molecule has 2 heterocycles. The highest BCUT2D eigenvalue weighted by Crippen LogP contribution is 2.18. The van der Waals surface area contributed by atoms with Crippen LogP contribution < -0.4 is 5.56 Å². The third-order valence-corrected chi connectivity index (χ3v) is 3.63. The van der Waals surface area contributed by atoms with Crippen LogP contribution in [0.2, 0.25) is 5.15 Å². The standard InChI is InChI=1S/C12H14ClN3OS/c1-4-7-8(5-2)14-10-6-9(13)15-12(18-3)16(10)11(7)17/h6H,4-5H2,1-3H3. The predicted octanol–water partition coefficient (Wildman–Crippen LogP) is 2.59. The maximum Gasteiger partial charge on any atom is 0.263 e. The molecule has 18 heavy (non-hydrogen) atoms. The van der Waals surface area contributed by atoms with E-state index in [-0.39, 0.29) is 5.56 Å². The van der Waals surface area contributed by atoms with Crippen molar-refractivity contribution in [2.24, 2.45) is 0 Å². The van der Waals surface area contributed by atoms with Crippen molar-refractivity contribution >= 4 is 29.0 Å². The highest BCUT2D eigenvalue weighted by Gasteiger charge is 2.13. The molecule has 2 rings (SSSR count).